The number of nitrogens with two attached hydrogens (primary N) is 1. The van der Waals surface area contributed by atoms with Gasteiger partial charge in [0.2, 0.25) is 0 Å². The van der Waals surface area contributed by atoms with E-state index in [1.54, 1.807) is 24.3 Å². The van der Waals surface area contributed by atoms with E-state index >= 15 is 0 Å². The summed E-state index contributed by atoms with van der Waals surface area (Å²) in [5, 5.41) is 30.9. The first kappa shape index (κ1) is 71.7. The van der Waals surface area contributed by atoms with Crippen LogP contribution in [-0.2, 0) is 26.4 Å². The molecule has 0 saturated heterocycles. The molecule has 0 aliphatic rings. The van der Waals surface area contributed by atoms with Crippen molar-refractivity contribution in [2.24, 2.45) is 14.1 Å². The number of aromatic nitrogens is 8. The SMILES string of the molecule is Cn1nc(C(F)(F)F)cc1-c1ccc(C(=O)Nc2ccncc2F)[se]1.Cn1nc(C(F)(F)F)cc1B(O)O.Nc1cnccc1F.O=C(Cl)c1ccc(Br)[se]1.O=C(Nc1ccncc1F)c1ccc(Br)[se]1.O=C(Nc1ccncc1F)c1ccc(Br)[se]1. The molecule has 0 aliphatic carbocycles. The number of amides is 3. The predicted molar refractivity (Wildman–Crippen MR) is 317 cm³/mol. The third kappa shape index (κ3) is 22.8. The fourth-order valence-corrected chi connectivity index (χ4v) is 15.1. The van der Waals surface area contributed by atoms with E-state index < -0.39 is 74.5 Å². The summed E-state index contributed by atoms with van der Waals surface area (Å²) in [5.41, 5.74) is 3.33. The Morgan fingerprint density at radius 1 is 0.529 bits per heavy atom. The van der Waals surface area contributed by atoms with Crippen molar-refractivity contribution >= 4 is 176 Å². The number of hydrogen-bond donors (Lipinski definition) is 6. The number of nitrogens with zero attached hydrogens (tertiary/aromatic N) is 8. The fourth-order valence-electron chi connectivity index (χ4n) is 5.96. The maximum absolute atomic E-state index is 13.5. The average Bonchev–Trinajstić information content (AvgIpc) is 4.40. The Kier molecular flexibility index (Phi) is 27.6. The summed E-state index contributed by atoms with van der Waals surface area (Å²) >= 11 is 14.7. The summed E-state index contributed by atoms with van der Waals surface area (Å²) in [6.07, 6.45) is 0.838. The molecule has 10 heterocycles. The van der Waals surface area contributed by atoms with Crippen LogP contribution in [0.4, 0.5) is 66.7 Å². The normalized spacial score (nSPS) is 10.6. The topological polar surface area (TPSA) is 258 Å². The van der Waals surface area contributed by atoms with Crippen molar-refractivity contribution in [1.29, 1.82) is 0 Å². The number of rotatable bonds is 9. The third-order valence-corrected chi connectivity index (χ3v) is 21.5. The number of alkyl halides is 6. The zero-order chi connectivity index (χ0) is 64.3. The molecule has 456 valence electrons. The van der Waals surface area contributed by atoms with Crippen LogP contribution in [0.5, 0.6) is 0 Å². The van der Waals surface area contributed by atoms with Gasteiger partial charge in [-0.15, -0.1) is 0 Å². The molecule has 0 unspecified atom stereocenters. The first-order valence-electron chi connectivity index (χ1n) is 23.1. The molecule has 0 radical (unpaired) electrons. The van der Waals surface area contributed by atoms with Crippen molar-refractivity contribution in [3.05, 3.63) is 197 Å². The number of nitrogen functional groups attached to an aromatic ring is 1. The maximum atomic E-state index is 13.5. The van der Waals surface area contributed by atoms with Crippen LogP contribution in [0.1, 0.15) is 48.3 Å². The second-order valence-electron chi connectivity index (χ2n) is 16.1. The van der Waals surface area contributed by atoms with Crippen molar-refractivity contribution in [3.8, 4) is 10.1 Å². The molecular formula is C50H35BBr3ClF10N12O6Se4. The Hall–Kier alpha value is -6.09. The molecule has 0 saturated carbocycles. The average molecular weight is 1690 g/mol. The van der Waals surface area contributed by atoms with E-state index in [2.05, 4.69) is 93.9 Å². The summed E-state index contributed by atoms with van der Waals surface area (Å²) in [6.45, 7) is 0. The summed E-state index contributed by atoms with van der Waals surface area (Å²) in [5.74, 6) is -3.19. The Labute approximate surface area is 539 Å². The van der Waals surface area contributed by atoms with Crippen molar-refractivity contribution in [1.82, 2.24) is 39.5 Å². The fraction of sp³-hybridized carbons (Fsp3) is 0.0800. The Morgan fingerprint density at radius 3 is 1.20 bits per heavy atom. The number of anilines is 4. The van der Waals surface area contributed by atoms with Gasteiger partial charge in [0.15, 0.2) is 5.69 Å². The second kappa shape index (κ2) is 33.5. The van der Waals surface area contributed by atoms with Gasteiger partial charge in [0.1, 0.15) is 5.82 Å². The quantitative estimate of drug-likeness (QED) is 0.0448. The standard InChI is InChI=1S/C15H10F4N4OSe.2C10H6BrFN2OSe.C5H6BF3N2O2.C5H2BrClOSe.C5H5FN2/c1-23-10(6-13(22-23)15(17,18)19)11-2-3-12(25-11)14(24)21-9-4-5-20-7-8(9)16;2*11-9-2-1-8(16-9)10(15)14-7-3-4-13-5-6(7)12;1-11-4(6(12)13)2-3(10-11)5(7,8)9;6-4-2-1-3(9-4)5(7)8;6-4-1-2-8-3-5(4)7/h2-7H,1H3,(H,20,21,24);2*1-5H,(H,13,14,15);2,12-13H,1H3;1-2H;1-3H,7H2. The van der Waals surface area contributed by atoms with Gasteiger partial charge in [-0.25, -0.2) is 4.39 Å². The van der Waals surface area contributed by atoms with Crippen molar-refractivity contribution in [2.75, 3.05) is 21.7 Å². The van der Waals surface area contributed by atoms with Gasteiger partial charge < -0.3 is 15.8 Å². The number of halogens is 14. The van der Waals surface area contributed by atoms with Crippen LogP contribution < -0.4 is 27.3 Å². The first-order chi connectivity index (χ1) is 40.9. The molecule has 10 aromatic heterocycles. The van der Waals surface area contributed by atoms with Crippen LogP contribution in [0.25, 0.3) is 10.1 Å². The molecule has 3 amide bonds. The molecule has 0 atom stereocenters. The molecule has 37 heteroatoms. The van der Waals surface area contributed by atoms with Gasteiger partial charge in [0.25, 0.3) is 0 Å². The minimum absolute atomic E-state index is 0.00922. The summed E-state index contributed by atoms with van der Waals surface area (Å²) in [6, 6.07) is 20.8. The summed E-state index contributed by atoms with van der Waals surface area (Å²) in [7, 11) is 0.657. The van der Waals surface area contributed by atoms with Gasteiger partial charge in [-0.1, -0.05) is 0 Å². The molecule has 18 nitrogen and oxygen atoms in total. The molecule has 0 bridgehead atoms. The zero-order valence-corrected chi connectivity index (χ0v) is 55.8. The minimum atomic E-state index is -4.56. The number of nitrogens with one attached hydrogen (secondary N) is 3. The van der Waals surface area contributed by atoms with Crippen molar-refractivity contribution in [2.45, 2.75) is 12.4 Å². The van der Waals surface area contributed by atoms with Crippen LogP contribution in [0.2, 0.25) is 0 Å². The molecule has 0 aromatic carbocycles. The number of aryl methyl sites for hydroxylation is 2. The van der Waals surface area contributed by atoms with Crippen LogP contribution in [0.15, 0.2) is 145 Å². The van der Waals surface area contributed by atoms with Crippen molar-refractivity contribution in [3.63, 3.8) is 0 Å². The van der Waals surface area contributed by atoms with Crippen LogP contribution in [-0.4, -0.2) is 138 Å². The van der Waals surface area contributed by atoms with E-state index in [1.165, 1.54) is 75.4 Å². The Balaban J connectivity index is 0.000000198. The molecule has 0 spiro atoms. The number of carbonyl (C=O) groups is 4. The van der Waals surface area contributed by atoms with Crippen LogP contribution >= 0.6 is 59.4 Å². The number of pyridine rings is 4. The van der Waals surface area contributed by atoms with Gasteiger partial charge >= 0.3 is 441 Å². The summed E-state index contributed by atoms with van der Waals surface area (Å²) < 4.78 is 134. The van der Waals surface area contributed by atoms with E-state index in [9.17, 15) is 63.1 Å². The zero-order valence-electron chi connectivity index (χ0n) is 43.4. The molecule has 0 aliphatic heterocycles. The van der Waals surface area contributed by atoms with Gasteiger partial charge in [0, 0.05) is 13.2 Å². The van der Waals surface area contributed by atoms with E-state index in [0.717, 1.165) is 48.5 Å². The summed E-state index contributed by atoms with van der Waals surface area (Å²) in [4.78, 5) is 60.5. The third-order valence-electron chi connectivity index (χ3n) is 9.94. The van der Waals surface area contributed by atoms with Gasteiger partial charge in [-0.05, 0) is 12.1 Å². The van der Waals surface area contributed by atoms with E-state index in [-0.39, 0.29) is 88.9 Å². The monoisotopic (exact) mass is 1690 g/mol. The Morgan fingerprint density at radius 2 is 0.897 bits per heavy atom. The number of hydrogen-bond acceptors (Lipinski definition) is 13. The molecule has 10 rings (SSSR count). The van der Waals surface area contributed by atoms with Gasteiger partial charge in [-0.2, -0.15) is 18.3 Å². The first-order valence-corrected chi connectivity index (χ1v) is 32.7. The molecule has 10 aromatic rings. The van der Waals surface area contributed by atoms with E-state index in [1.807, 2.05) is 18.2 Å². The predicted octanol–water partition coefficient (Wildman–Crippen LogP) is 9.34. The van der Waals surface area contributed by atoms with E-state index in [4.69, 9.17) is 27.4 Å². The van der Waals surface area contributed by atoms with Gasteiger partial charge in [-0.3, -0.25) is 9.67 Å². The van der Waals surface area contributed by atoms with Crippen molar-refractivity contribution < 1.29 is 73.1 Å². The molecular weight excluding hydrogens is 1660 g/mol. The second-order valence-corrected chi connectivity index (χ2v) is 31.6. The van der Waals surface area contributed by atoms with Gasteiger partial charge in [0.05, 0.1) is 17.5 Å². The molecule has 0 fully saturated rings. The van der Waals surface area contributed by atoms with Crippen LogP contribution in [0.3, 0.4) is 0 Å². The molecule has 7 N–H and O–H groups in total. The van der Waals surface area contributed by atoms with Crippen LogP contribution in [0, 0.1) is 23.3 Å². The number of carbonyl (C=O) groups excluding carboxylic acids is 4. The Bertz CT molecular complexity index is 3850. The molecule has 87 heavy (non-hydrogen) atoms. The van der Waals surface area contributed by atoms with E-state index in [0.29, 0.717) is 29.5 Å².